The maximum Gasteiger partial charge on any atom is 0.335 e. The Morgan fingerprint density at radius 3 is 2.78 bits per heavy atom. The number of carboxylic acids is 1. The summed E-state index contributed by atoms with van der Waals surface area (Å²) >= 11 is 1.47. The highest BCUT2D eigenvalue weighted by atomic mass is 32.2. The number of carboxylic acid groups (broad SMARTS) is 1. The number of rotatable bonds is 4. The van der Waals surface area contributed by atoms with Crippen LogP contribution in [0.4, 0.5) is 0 Å². The average Bonchev–Trinajstić information content (AvgIpc) is 2.39. The number of pyridine rings is 1. The molecule has 0 radical (unpaired) electrons. The van der Waals surface area contributed by atoms with Crippen molar-refractivity contribution in [1.29, 1.82) is 0 Å². The zero-order valence-corrected chi connectivity index (χ0v) is 10.5. The lowest BCUT2D eigenvalue weighted by Crippen LogP contribution is -1.95. The zero-order chi connectivity index (χ0) is 13.0. The summed E-state index contributed by atoms with van der Waals surface area (Å²) in [5.74, 6) is -0.390. The van der Waals surface area contributed by atoms with E-state index in [2.05, 4.69) is 4.98 Å². The van der Waals surface area contributed by atoms with E-state index in [-0.39, 0.29) is 5.56 Å². The van der Waals surface area contributed by atoms with Crippen LogP contribution in [-0.2, 0) is 0 Å². The molecule has 0 aliphatic heterocycles. The van der Waals surface area contributed by atoms with Gasteiger partial charge in [0.1, 0.15) is 0 Å². The largest absolute Gasteiger partial charge is 0.481 e. The van der Waals surface area contributed by atoms with Crippen molar-refractivity contribution < 1.29 is 14.6 Å². The molecule has 18 heavy (non-hydrogen) atoms. The first-order chi connectivity index (χ1) is 8.69. The van der Waals surface area contributed by atoms with E-state index < -0.39 is 5.97 Å². The van der Waals surface area contributed by atoms with Crippen LogP contribution in [0.1, 0.15) is 10.4 Å². The summed E-state index contributed by atoms with van der Waals surface area (Å²) in [4.78, 5) is 16.7. The Kier molecular flexibility index (Phi) is 3.84. The SMILES string of the molecule is COc1cc(Sc2cccc(C(=O)O)c2)ccn1. The fraction of sp³-hybridized carbons (Fsp3) is 0.0769. The number of methoxy groups -OCH3 is 1. The van der Waals surface area contributed by atoms with Crippen molar-refractivity contribution in [3.8, 4) is 5.88 Å². The molecule has 1 heterocycles. The van der Waals surface area contributed by atoms with Crippen LogP contribution in [0.2, 0.25) is 0 Å². The van der Waals surface area contributed by atoms with E-state index in [1.54, 1.807) is 37.6 Å². The predicted octanol–water partition coefficient (Wildman–Crippen LogP) is 2.94. The van der Waals surface area contributed by atoms with Gasteiger partial charge in [0.05, 0.1) is 12.7 Å². The minimum atomic E-state index is -0.926. The van der Waals surface area contributed by atoms with Crippen LogP contribution >= 0.6 is 11.8 Å². The minimum absolute atomic E-state index is 0.279. The molecule has 92 valence electrons. The van der Waals surface area contributed by atoms with E-state index in [4.69, 9.17) is 9.84 Å². The van der Waals surface area contributed by atoms with Gasteiger partial charge in [-0.3, -0.25) is 0 Å². The van der Waals surface area contributed by atoms with E-state index in [0.717, 1.165) is 9.79 Å². The number of nitrogens with zero attached hydrogens (tertiary/aromatic N) is 1. The number of benzene rings is 1. The number of carbonyl (C=O) groups is 1. The number of aromatic carboxylic acids is 1. The Morgan fingerprint density at radius 1 is 1.28 bits per heavy atom. The molecule has 0 bridgehead atoms. The maximum absolute atomic E-state index is 10.9. The highest BCUT2D eigenvalue weighted by Crippen LogP contribution is 2.29. The van der Waals surface area contributed by atoms with Crippen molar-refractivity contribution in [1.82, 2.24) is 4.98 Å². The molecule has 2 aromatic rings. The number of hydrogen-bond donors (Lipinski definition) is 1. The van der Waals surface area contributed by atoms with Crippen LogP contribution in [0.15, 0.2) is 52.4 Å². The Hall–Kier alpha value is -2.01. The van der Waals surface area contributed by atoms with E-state index in [1.807, 2.05) is 12.1 Å². The summed E-state index contributed by atoms with van der Waals surface area (Å²) in [7, 11) is 1.56. The van der Waals surface area contributed by atoms with Crippen LogP contribution in [-0.4, -0.2) is 23.2 Å². The summed E-state index contributed by atoms with van der Waals surface area (Å²) in [5.41, 5.74) is 0.279. The van der Waals surface area contributed by atoms with Crippen molar-refractivity contribution in [2.45, 2.75) is 9.79 Å². The van der Waals surface area contributed by atoms with E-state index >= 15 is 0 Å². The first kappa shape index (κ1) is 12.4. The number of hydrogen-bond acceptors (Lipinski definition) is 4. The molecule has 0 fully saturated rings. The number of aromatic nitrogens is 1. The predicted molar refractivity (Wildman–Crippen MR) is 68.3 cm³/mol. The van der Waals surface area contributed by atoms with E-state index in [9.17, 15) is 4.79 Å². The zero-order valence-electron chi connectivity index (χ0n) is 9.66. The summed E-state index contributed by atoms with van der Waals surface area (Å²) in [6.45, 7) is 0. The van der Waals surface area contributed by atoms with Crippen molar-refractivity contribution >= 4 is 17.7 Å². The van der Waals surface area contributed by atoms with Crippen molar-refractivity contribution in [2.75, 3.05) is 7.11 Å². The summed E-state index contributed by atoms with van der Waals surface area (Å²) in [5, 5.41) is 8.92. The molecule has 0 unspecified atom stereocenters. The van der Waals surface area contributed by atoms with Crippen molar-refractivity contribution in [2.24, 2.45) is 0 Å². The molecular weight excluding hydrogens is 250 g/mol. The third-order valence-corrected chi connectivity index (χ3v) is 3.21. The van der Waals surface area contributed by atoms with Crippen LogP contribution in [0, 0.1) is 0 Å². The lowest BCUT2D eigenvalue weighted by atomic mass is 10.2. The van der Waals surface area contributed by atoms with Gasteiger partial charge in [-0.2, -0.15) is 0 Å². The molecule has 1 aromatic carbocycles. The topological polar surface area (TPSA) is 59.4 Å². The Bertz CT molecular complexity index is 572. The highest BCUT2D eigenvalue weighted by Gasteiger charge is 2.05. The molecule has 0 spiro atoms. The third-order valence-electron chi connectivity index (χ3n) is 2.23. The molecule has 1 aromatic heterocycles. The molecule has 4 nitrogen and oxygen atoms in total. The highest BCUT2D eigenvalue weighted by molar-refractivity contribution is 7.99. The third kappa shape index (κ3) is 3.01. The second-order valence-electron chi connectivity index (χ2n) is 3.47. The van der Waals surface area contributed by atoms with Crippen molar-refractivity contribution in [3.63, 3.8) is 0 Å². The second-order valence-corrected chi connectivity index (χ2v) is 4.62. The summed E-state index contributed by atoms with van der Waals surface area (Å²) in [6, 6.07) is 10.5. The lowest BCUT2D eigenvalue weighted by Gasteiger charge is -2.04. The standard InChI is InChI=1S/C13H11NO3S/c1-17-12-8-11(5-6-14-12)18-10-4-2-3-9(7-10)13(15)16/h2-8H,1H3,(H,15,16). The molecule has 2 rings (SSSR count). The van der Waals surface area contributed by atoms with Gasteiger partial charge in [0.25, 0.3) is 0 Å². The van der Waals surface area contributed by atoms with Gasteiger partial charge in [-0.1, -0.05) is 17.8 Å². The van der Waals surface area contributed by atoms with Gasteiger partial charge in [0, 0.05) is 22.1 Å². The molecule has 1 N–H and O–H groups in total. The Morgan fingerprint density at radius 2 is 2.06 bits per heavy atom. The average molecular weight is 261 g/mol. The monoisotopic (exact) mass is 261 g/mol. The summed E-state index contributed by atoms with van der Waals surface area (Å²) in [6.07, 6.45) is 1.65. The van der Waals surface area contributed by atoms with Crippen LogP contribution in [0.5, 0.6) is 5.88 Å². The van der Waals surface area contributed by atoms with Gasteiger partial charge in [-0.25, -0.2) is 9.78 Å². The van der Waals surface area contributed by atoms with Crippen LogP contribution in [0.25, 0.3) is 0 Å². The van der Waals surface area contributed by atoms with Gasteiger partial charge in [-0.05, 0) is 24.3 Å². The fourth-order valence-corrected chi connectivity index (χ4v) is 2.29. The minimum Gasteiger partial charge on any atom is -0.481 e. The van der Waals surface area contributed by atoms with Gasteiger partial charge >= 0.3 is 5.97 Å². The van der Waals surface area contributed by atoms with Gasteiger partial charge in [0.15, 0.2) is 0 Å². The van der Waals surface area contributed by atoms with Crippen molar-refractivity contribution in [3.05, 3.63) is 48.2 Å². The normalized spacial score (nSPS) is 10.1. The van der Waals surface area contributed by atoms with Gasteiger partial charge in [-0.15, -0.1) is 0 Å². The fourth-order valence-electron chi connectivity index (χ4n) is 1.40. The number of ether oxygens (including phenoxy) is 1. The quantitative estimate of drug-likeness (QED) is 0.917. The first-order valence-corrected chi connectivity index (χ1v) is 6.02. The van der Waals surface area contributed by atoms with Crippen LogP contribution < -0.4 is 4.74 Å². The molecular formula is C13H11NO3S. The second kappa shape index (κ2) is 5.55. The van der Waals surface area contributed by atoms with E-state index in [0.29, 0.717) is 5.88 Å². The molecule has 0 amide bonds. The van der Waals surface area contributed by atoms with Gasteiger partial charge in [0.2, 0.25) is 5.88 Å². The van der Waals surface area contributed by atoms with Crippen LogP contribution in [0.3, 0.4) is 0 Å². The molecule has 0 saturated carbocycles. The molecule has 5 heteroatoms. The summed E-state index contributed by atoms with van der Waals surface area (Å²) < 4.78 is 5.04. The molecule has 0 atom stereocenters. The lowest BCUT2D eigenvalue weighted by molar-refractivity contribution is 0.0696. The maximum atomic E-state index is 10.9. The molecule has 0 aliphatic rings. The first-order valence-electron chi connectivity index (χ1n) is 5.20. The smallest absolute Gasteiger partial charge is 0.335 e. The molecule has 0 aliphatic carbocycles. The van der Waals surface area contributed by atoms with E-state index in [1.165, 1.54) is 11.8 Å². The molecule has 0 saturated heterocycles. The Balaban J connectivity index is 2.22. The van der Waals surface area contributed by atoms with Gasteiger partial charge < -0.3 is 9.84 Å². The Labute approximate surface area is 109 Å².